The molecule has 0 saturated carbocycles. The summed E-state index contributed by atoms with van der Waals surface area (Å²) in [5.74, 6) is 0. The average Bonchev–Trinajstić information content (AvgIpc) is 1.86. The molecule has 0 spiro atoms. The second-order valence-electron chi connectivity index (χ2n) is 3.60. The molecule has 0 radical (unpaired) electrons. The maximum atomic E-state index is 10.6. The van der Waals surface area contributed by atoms with Crippen LogP contribution in [0.4, 0.5) is 4.79 Å². The van der Waals surface area contributed by atoms with Gasteiger partial charge in [-0.15, -0.1) is 0 Å². The molecule has 0 aliphatic carbocycles. The minimum atomic E-state index is -0.224. The molecule has 1 aliphatic rings. The van der Waals surface area contributed by atoms with Crippen molar-refractivity contribution < 1.29 is 4.79 Å². The first-order valence-corrected chi connectivity index (χ1v) is 3.61. The third kappa shape index (κ3) is 1.93. The molecule has 11 heavy (non-hydrogen) atoms. The molecule has 1 rings (SSSR count). The van der Waals surface area contributed by atoms with Gasteiger partial charge in [0.05, 0.1) is 12.3 Å². The number of carbonyl (C=O) groups is 1. The normalized spacial score (nSPS) is 18.5. The van der Waals surface area contributed by atoms with Crippen LogP contribution < -0.4 is 10.7 Å². The van der Waals surface area contributed by atoms with Gasteiger partial charge in [0, 0.05) is 5.41 Å². The van der Waals surface area contributed by atoms with Gasteiger partial charge in [-0.1, -0.05) is 20.8 Å². The van der Waals surface area contributed by atoms with E-state index in [4.69, 9.17) is 0 Å². The standard InChI is InChI=1S/C7H13N3O/c1-7(2,3)5-4-8-6(11)10-9-5/h4H2,1-3H3,(H2,8,10,11). The number of nitrogens with one attached hydrogen (secondary N) is 2. The second kappa shape index (κ2) is 2.53. The zero-order valence-corrected chi connectivity index (χ0v) is 7.06. The van der Waals surface area contributed by atoms with Crippen LogP contribution in [-0.4, -0.2) is 18.3 Å². The molecule has 0 aromatic carbocycles. The summed E-state index contributed by atoms with van der Waals surface area (Å²) in [7, 11) is 0. The van der Waals surface area contributed by atoms with Crippen molar-refractivity contribution >= 4 is 11.7 Å². The smallest absolute Gasteiger partial charge is 0.331 e. The second-order valence-corrected chi connectivity index (χ2v) is 3.60. The van der Waals surface area contributed by atoms with E-state index in [2.05, 4.69) is 36.6 Å². The van der Waals surface area contributed by atoms with E-state index >= 15 is 0 Å². The Kier molecular flexibility index (Phi) is 1.85. The zero-order valence-electron chi connectivity index (χ0n) is 7.06. The van der Waals surface area contributed by atoms with E-state index in [0.717, 1.165) is 5.71 Å². The number of carbonyl (C=O) groups excluding carboxylic acids is 1. The molecule has 0 bridgehead atoms. The van der Waals surface area contributed by atoms with Gasteiger partial charge in [0.1, 0.15) is 0 Å². The lowest BCUT2D eigenvalue weighted by Gasteiger charge is -2.24. The molecule has 0 fully saturated rings. The van der Waals surface area contributed by atoms with E-state index in [1.165, 1.54) is 0 Å². The first-order valence-electron chi connectivity index (χ1n) is 3.61. The fourth-order valence-corrected chi connectivity index (χ4v) is 0.794. The largest absolute Gasteiger partial charge is 0.335 e. The zero-order chi connectivity index (χ0) is 8.48. The molecule has 0 aromatic rings. The highest BCUT2D eigenvalue weighted by Crippen LogP contribution is 2.15. The first-order chi connectivity index (χ1) is 5.00. The summed E-state index contributed by atoms with van der Waals surface area (Å²) in [5.41, 5.74) is 3.37. The lowest BCUT2D eigenvalue weighted by atomic mass is 9.90. The van der Waals surface area contributed by atoms with Crippen molar-refractivity contribution in [1.82, 2.24) is 10.7 Å². The third-order valence-electron chi connectivity index (χ3n) is 1.57. The quantitative estimate of drug-likeness (QED) is 0.531. The summed E-state index contributed by atoms with van der Waals surface area (Å²) < 4.78 is 0. The van der Waals surface area contributed by atoms with Crippen LogP contribution in [0.1, 0.15) is 20.8 Å². The van der Waals surface area contributed by atoms with E-state index in [1.807, 2.05) is 0 Å². The summed E-state index contributed by atoms with van der Waals surface area (Å²) in [4.78, 5) is 10.6. The van der Waals surface area contributed by atoms with Crippen LogP contribution in [0.5, 0.6) is 0 Å². The molecule has 0 unspecified atom stereocenters. The van der Waals surface area contributed by atoms with Gasteiger partial charge in [-0.25, -0.2) is 10.2 Å². The highest BCUT2D eigenvalue weighted by molar-refractivity contribution is 5.96. The van der Waals surface area contributed by atoms with Crippen molar-refractivity contribution in [2.75, 3.05) is 6.54 Å². The number of amides is 2. The molecule has 1 aliphatic heterocycles. The SMILES string of the molecule is CC(C)(C)C1=NNC(=O)NC1. The van der Waals surface area contributed by atoms with Crippen LogP contribution in [0.15, 0.2) is 5.10 Å². The van der Waals surface area contributed by atoms with Gasteiger partial charge in [0.2, 0.25) is 0 Å². The molecule has 0 saturated heterocycles. The summed E-state index contributed by atoms with van der Waals surface area (Å²) in [5, 5.41) is 6.59. The monoisotopic (exact) mass is 155 g/mol. The molecular formula is C7H13N3O. The van der Waals surface area contributed by atoms with Crippen LogP contribution in [0.25, 0.3) is 0 Å². The Morgan fingerprint density at radius 2 is 2.09 bits per heavy atom. The maximum Gasteiger partial charge on any atom is 0.335 e. The number of hydrogen-bond donors (Lipinski definition) is 2. The highest BCUT2D eigenvalue weighted by atomic mass is 16.2. The van der Waals surface area contributed by atoms with E-state index < -0.39 is 0 Å². The lowest BCUT2D eigenvalue weighted by Crippen LogP contribution is -2.45. The van der Waals surface area contributed by atoms with Crippen molar-refractivity contribution in [1.29, 1.82) is 0 Å². The fraction of sp³-hybridized carbons (Fsp3) is 0.714. The summed E-state index contributed by atoms with van der Waals surface area (Å²) in [6.45, 7) is 6.73. The molecule has 1 heterocycles. The summed E-state index contributed by atoms with van der Waals surface area (Å²) in [6.07, 6.45) is 0. The van der Waals surface area contributed by atoms with Crippen molar-refractivity contribution in [2.45, 2.75) is 20.8 Å². The predicted molar refractivity (Wildman–Crippen MR) is 43.4 cm³/mol. The number of nitrogens with zero attached hydrogens (tertiary/aromatic N) is 1. The Labute approximate surface area is 66.0 Å². The van der Waals surface area contributed by atoms with E-state index in [0.29, 0.717) is 6.54 Å². The minimum absolute atomic E-state index is 0.0285. The number of urea groups is 1. The minimum Gasteiger partial charge on any atom is -0.331 e. The maximum absolute atomic E-state index is 10.6. The Bertz CT molecular complexity index is 202. The van der Waals surface area contributed by atoms with Crippen molar-refractivity contribution in [3.63, 3.8) is 0 Å². The van der Waals surface area contributed by atoms with Gasteiger partial charge in [-0.3, -0.25) is 0 Å². The van der Waals surface area contributed by atoms with Crippen LogP contribution in [-0.2, 0) is 0 Å². The fourth-order valence-electron chi connectivity index (χ4n) is 0.794. The molecule has 4 nitrogen and oxygen atoms in total. The highest BCUT2D eigenvalue weighted by Gasteiger charge is 2.22. The average molecular weight is 155 g/mol. The molecule has 4 heteroatoms. The third-order valence-corrected chi connectivity index (χ3v) is 1.57. The molecular weight excluding hydrogens is 142 g/mol. The van der Waals surface area contributed by atoms with E-state index in [9.17, 15) is 4.79 Å². The molecule has 2 amide bonds. The summed E-state index contributed by atoms with van der Waals surface area (Å²) >= 11 is 0. The Morgan fingerprint density at radius 3 is 2.45 bits per heavy atom. The van der Waals surface area contributed by atoms with Crippen molar-refractivity contribution in [3.8, 4) is 0 Å². The molecule has 0 aromatic heterocycles. The van der Waals surface area contributed by atoms with Crippen LogP contribution in [0.2, 0.25) is 0 Å². The molecule has 62 valence electrons. The number of hydrogen-bond acceptors (Lipinski definition) is 2. The lowest BCUT2D eigenvalue weighted by molar-refractivity contribution is 0.240. The van der Waals surface area contributed by atoms with Crippen LogP contribution in [0, 0.1) is 5.41 Å². The van der Waals surface area contributed by atoms with E-state index in [1.54, 1.807) is 0 Å². The number of rotatable bonds is 0. The Morgan fingerprint density at radius 1 is 1.45 bits per heavy atom. The Balaban J connectivity index is 2.69. The van der Waals surface area contributed by atoms with Crippen molar-refractivity contribution in [2.24, 2.45) is 10.5 Å². The molecule has 0 atom stereocenters. The van der Waals surface area contributed by atoms with Gasteiger partial charge in [0.15, 0.2) is 0 Å². The van der Waals surface area contributed by atoms with Crippen LogP contribution in [0.3, 0.4) is 0 Å². The van der Waals surface area contributed by atoms with Gasteiger partial charge in [0.25, 0.3) is 0 Å². The first kappa shape index (κ1) is 8.04. The number of hydrazone groups is 1. The van der Waals surface area contributed by atoms with Gasteiger partial charge in [-0.2, -0.15) is 5.10 Å². The Hall–Kier alpha value is -1.06. The van der Waals surface area contributed by atoms with Gasteiger partial charge >= 0.3 is 6.03 Å². The summed E-state index contributed by atoms with van der Waals surface area (Å²) in [6, 6.07) is -0.224. The topological polar surface area (TPSA) is 53.5 Å². The molecule has 2 N–H and O–H groups in total. The predicted octanol–water partition coefficient (Wildman–Crippen LogP) is 0.701. The van der Waals surface area contributed by atoms with Crippen molar-refractivity contribution in [3.05, 3.63) is 0 Å². The van der Waals surface area contributed by atoms with E-state index in [-0.39, 0.29) is 11.4 Å². The van der Waals surface area contributed by atoms with Gasteiger partial charge < -0.3 is 5.32 Å². The van der Waals surface area contributed by atoms with Crippen LogP contribution >= 0.6 is 0 Å². The van der Waals surface area contributed by atoms with Gasteiger partial charge in [-0.05, 0) is 0 Å².